The predicted octanol–water partition coefficient (Wildman–Crippen LogP) is 7.89. The molecule has 1 aromatic carbocycles. The molecule has 1 aliphatic heterocycles. The minimum Gasteiger partial charge on any atom is -0.490 e. The number of benzene rings is 1. The molecule has 33 heavy (non-hydrogen) atoms. The van der Waals surface area contributed by atoms with Gasteiger partial charge in [-0.1, -0.05) is 38.5 Å². The van der Waals surface area contributed by atoms with Gasteiger partial charge in [0.1, 0.15) is 0 Å². The Morgan fingerprint density at radius 1 is 1.00 bits per heavy atom. The molecule has 0 amide bonds. The van der Waals surface area contributed by atoms with Crippen LogP contribution in [0.25, 0.3) is 0 Å². The molecule has 3 rings (SSSR count). The van der Waals surface area contributed by atoms with Gasteiger partial charge in [-0.3, -0.25) is 0 Å². The van der Waals surface area contributed by atoms with Crippen LogP contribution in [0.4, 0.5) is 17.6 Å². The van der Waals surface area contributed by atoms with E-state index in [-0.39, 0.29) is 30.1 Å². The summed E-state index contributed by atoms with van der Waals surface area (Å²) in [6.45, 7) is 4.78. The molecule has 0 radical (unpaired) electrons. The predicted molar refractivity (Wildman–Crippen MR) is 123 cm³/mol. The summed E-state index contributed by atoms with van der Waals surface area (Å²) < 4.78 is 68.4. The Kier molecular flexibility index (Phi) is 9.66. The molecule has 2 nitrogen and oxygen atoms in total. The highest BCUT2D eigenvalue weighted by atomic mass is 19.3. The van der Waals surface area contributed by atoms with Crippen LogP contribution in [0.5, 0.6) is 5.75 Å². The zero-order chi connectivity index (χ0) is 23.8. The minimum absolute atomic E-state index is 0.0367. The van der Waals surface area contributed by atoms with Gasteiger partial charge < -0.3 is 9.47 Å². The van der Waals surface area contributed by atoms with Gasteiger partial charge in [0, 0.05) is 12.3 Å². The van der Waals surface area contributed by atoms with Crippen LogP contribution in [0.3, 0.4) is 0 Å². The Hall–Kier alpha value is -1.56. The average molecular weight is 471 g/mol. The van der Waals surface area contributed by atoms with E-state index >= 15 is 0 Å². The Balaban J connectivity index is 1.42. The molecule has 0 N–H and O–H groups in total. The Morgan fingerprint density at radius 3 is 2.48 bits per heavy atom. The van der Waals surface area contributed by atoms with Crippen LogP contribution in [0, 0.1) is 29.4 Å². The Morgan fingerprint density at radius 2 is 1.82 bits per heavy atom. The summed E-state index contributed by atoms with van der Waals surface area (Å²) >= 11 is 0. The van der Waals surface area contributed by atoms with Gasteiger partial charge >= 0.3 is 0 Å². The first-order valence-corrected chi connectivity index (χ1v) is 12.6. The summed E-state index contributed by atoms with van der Waals surface area (Å²) in [5.74, 6) is -4.63. The summed E-state index contributed by atoms with van der Waals surface area (Å²) in [7, 11) is 0. The van der Waals surface area contributed by atoms with Gasteiger partial charge in [-0.15, -0.1) is 0 Å². The van der Waals surface area contributed by atoms with Crippen molar-refractivity contribution in [2.45, 2.75) is 90.1 Å². The van der Waals surface area contributed by atoms with Crippen molar-refractivity contribution in [1.82, 2.24) is 0 Å². The van der Waals surface area contributed by atoms with E-state index in [1.807, 2.05) is 26.0 Å². The molecule has 4 unspecified atom stereocenters. The average Bonchev–Trinajstić information content (AvgIpc) is 2.80. The number of hydrogen-bond acceptors (Lipinski definition) is 2. The maximum atomic E-state index is 14.4. The molecule has 1 aliphatic carbocycles. The third kappa shape index (κ3) is 7.21. The normalized spacial score (nSPS) is 27.7. The highest BCUT2D eigenvalue weighted by Crippen LogP contribution is 2.44. The fourth-order valence-electron chi connectivity index (χ4n) is 5.05. The lowest BCUT2D eigenvalue weighted by Crippen LogP contribution is -2.35. The first-order chi connectivity index (χ1) is 15.8. The second-order valence-electron chi connectivity index (χ2n) is 9.73. The van der Waals surface area contributed by atoms with Crippen molar-refractivity contribution in [3.05, 3.63) is 41.5 Å². The van der Waals surface area contributed by atoms with E-state index in [2.05, 4.69) is 0 Å². The van der Waals surface area contributed by atoms with Crippen LogP contribution in [-0.2, 0) is 11.2 Å². The molecule has 0 aromatic heterocycles. The van der Waals surface area contributed by atoms with Gasteiger partial charge in [0.25, 0.3) is 5.92 Å². The molecule has 186 valence electrons. The molecule has 1 saturated carbocycles. The maximum absolute atomic E-state index is 14.4. The molecule has 6 heteroatoms. The van der Waals surface area contributed by atoms with E-state index in [0.29, 0.717) is 38.0 Å². The van der Waals surface area contributed by atoms with E-state index in [9.17, 15) is 17.6 Å². The molecule has 4 atom stereocenters. The number of rotatable bonds is 10. The number of hydrogen-bond donors (Lipinski definition) is 0. The quantitative estimate of drug-likeness (QED) is 0.256. The van der Waals surface area contributed by atoms with Gasteiger partial charge in [-0.05, 0) is 74.8 Å². The third-order valence-corrected chi connectivity index (χ3v) is 7.07. The van der Waals surface area contributed by atoms with Crippen LogP contribution in [0.1, 0.15) is 77.2 Å². The van der Waals surface area contributed by atoms with Crippen molar-refractivity contribution in [3.63, 3.8) is 0 Å². The first kappa shape index (κ1) is 26.1. The van der Waals surface area contributed by atoms with Crippen LogP contribution in [0.15, 0.2) is 24.3 Å². The molecule has 2 fully saturated rings. The summed E-state index contributed by atoms with van der Waals surface area (Å²) in [5.41, 5.74) is 0.359. The molecule has 0 spiro atoms. The minimum atomic E-state index is -2.57. The van der Waals surface area contributed by atoms with E-state index in [4.69, 9.17) is 9.47 Å². The zero-order valence-electron chi connectivity index (χ0n) is 19.9. The van der Waals surface area contributed by atoms with Crippen molar-refractivity contribution in [2.24, 2.45) is 17.8 Å². The topological polar surface area (TPSA) is 18.5 Å². The second-order valence-corrected chi connectivity index (χ2v) is 9.73. The van der Waals surface area contributed by atoms with Gasteiger partial charge in [0.15, 0.2) is 11.6 Å². The van der Waals surface area contributed by atoms with Crippen molar-refractivity contribution < 1.29 is 27.0 Å². The number of ether oxygens (including phenoxy) is 2. The van der Waals surface area contributed by atoms with Crippen LogP contribution >= 0.6 is 0 Å². The van der Waals surface area contributed by atoms with Crippen LogP contribution < -0.4 is 4.74 Å². The fourth-order valence-corrected chi connectivity index (χ4v) is 5.05. The smallest absolute Gasteiger partial charge is 0.251 e. The van der Waals surface area contributed by atoms with E-state index in [0.717, 1.165) is 38.5 Å². The lowest BCUT2D eigenvalue weighted by molar-refractivity contribution is -0.0987. The van der Waals surface area contributed by atoms with E-state index < -0.39 is 23.5 Å². The summed E-state index contributed by atoms with van der Waals surface area (Å²) in [4.78, 5) is 0. The molecule has 1 saturated heterocycles. The highest BCUT2D eigenvalue weighted by Gasteiger charge is 2.43. The van der Waals surface area contributed by atoms with Crippen LogP contribution in [-0.4, -0.2) is 25.2 Å². The fraction of sp³-hybridized carbons (Fsp3) is 0.704. The van der Waals surface area contributed by atoms with Gasteiger partial charge in [-0.25, -0.2) is 13.2 Å². The van der Waals surface area contributed by atoms with E-state index in [1.54, 1.807) is 6.07 Å². The number of aryl methyl sites for hydroxylation is 1. The van der Waals surface area contributed by atoms with Gasteiger partial charge in [0.05, 0.1) is 19.3 Å². The summed E-state index contributed by atoms with van der Waals surface area (Å²) in [6, 6.07) is 3.10. The lowest BCUT2D eigenvalue weighted by atomic mass is 9.77. The van der Waals surface area contributed by atoms with E-state index in [1.165, 1.54) is 6.07 Å². The number of halogens is 4. The molecule has 1 heterocycles. The third-order valence-electron chi connectivity index (χ3n) is 7.07. The summed E-state index contributed by atoms with van der Waals surface area (Å²) in [6.07, 6.45) is 10.2. The standard InChI is InChI=1S/C27H38F4O2/c1-3-5-22-12-7-19(17-27(22,30)31)8-13-23-14-9-20(18-33-23)6-10-21-11-15-24(32-16-4-2)26(29)25(21)28/h8,11,13,15,19-20,22-23H,3-7,9-10,12,14,16-18H2,1-2H3/b13-8+. The molecule has 2 aliphatic rings. The zero-order valence-corrected chi connectivity index (χ0v) is 19.9. The Bertz CT molecular complexity index is 772. The van der Waals surface area contributed by atoms with Crippen molar-refractivity contribution in [2.75, 3.05) is 13.2 Å². The monoisotopic (exact) mass is 470 g/mol. The largest absolute Gasteiger partial charge is 0.490 e. The molecular formula is C27H38F4O2. The maximum Gasteiger partial charge on any atom is 0.251 e. The SMILES string of the molecule is CCCOc1ccc(CCC2CCC(/C=C/C3CCC(CCC)C(F)(F)C3)OC2)c(F)c1F. The molecular weight excluding hydrogens is 432 g/mol. The van der Waals surface area contributed by atoms with Crippen molar-refractivity contribution in [1.29, 1.82) is 0 Å². The van der Waals surface area contributed by atoms with Gasteiger partial charge in [0.2, 0.25) is 5.82 Å². The number of allylic oxidation sites excluding steroid dienone is 1. The first-order valence-electron chi connectivity index (χ1n) is 12.6. The summed E-state index contributed by atoms with van der Waals surface area (Å²) in [5, 5.41) is 0. The Labute approximate surface area is 195 Å². The lowest BCUT2D eigenvalue weighted by Gasteiger charge is -2.35. The van der Waals surface area contributed by atoms with Gasteiger partial charge in [-0.2, -0.15) is 4.39 Å². The second kappa shape index (κ2) is 12.2. The van der Waals surface area contributed by atoms with Crippen LogP contribution in [0.2, 0.25) is 0 Å². The number of alkyl halides is 2. The molecule has 1 aromatic rings. The van der Waals surface area contributed by atoms with Crippen molar-refractivity contribution >= 4 is 0 Å². The highest BCUT2D eigenvalue weighted by molar-refractivity contribution is 5.31. The molecule has 0 bridgehead atoms. The van der Waals surface area contributed by atoms with Crippen molar-refractivity contribution in [3.8, 4) is 5.75 Å².